The van der Waals surface area contributed by atoms with Gasteiger partial charge in [-0.05, 0) is 60.4 Å². The van der Waals surface area contributed by atoms with Gasteiger partial charge in [0.2, 0.25) is 11.8 Å². The molecule has 0 spiro atoms. The summed E-state index contributed by atoms with van der Waals surface area (Å²) in [6.45, 7) is 3.48. The Morgan fingerprint density at radius 2 is 1.21 bits per heavy atom. The van der Waals surface area contributed by atoms with E-state index >= 15 is 0 Å². The van der Waals surface area contributed by atoms with Crippen LogP contribution >= 0.6 is 23.5 Å². The largest absolute Gasteiger partial charge is 0.508 e. The lowest BCUT2D eigenvalue weighted by Gasteiger charge is -2.50. The Labute approximate surface area is 312 Å². The summed E-state index contributed by atoms with van der Waals surface area (Å²) in [4.78, 5) is 82.6. The zero-order chi connectivity index (χ0) is 38.1. The number of allylic oxidation sites excluding steroid dienone is 4. The highest BCUT2D eigenvalue weighted by atomic mass is 32.2. The number of thioether (sulfide) groups is 2. The molecular weight excluding hydrogens is 725 g/mol. The molecule has 4 aliphatic rings. The van der Waals surface area contributed by atoms with Gasteiger partial charge < -0.3 is 37.0 Å². The quantitative estimate of drug-likeness (QED) is 0.162. The average molecular weight is 761 g/mol. The highest BCUT2D eigenvalue weighted by Crippen LogP contribution is 2.42. The van der Waals surface area contributed by atoms with Crippen molar-refractivity contribution in [3.05, 3.63) is 107 Å². The third kappa shape index (κ3) is 7.02. The number of benzene rings is 2. The van der Waals surface area contributed by atoms with Crippen molar-refractivity contribution in [2.75, 3.05) is 11.5 Å². The molecule has 53 heavy (non-hydrogen) atoms. The van der Waals surface area contributed by atoms with Gasteiger partial charge in [-0.15, -0.1) is 23.5 Å². The molecule has 0 saturated carbocycles. The summed E-state index contributed by atoms with van der Waals surface area (Å²) in [5, 5.41) is 36.1. The van der Waals surface area contributed by atoms with E-state index in [0.717, 1.165) is 4.90 Å². The van der Waals surface area contributed by atoms with Crippen molar-refractivity contribution >= 4 is 59.0 Å². The van der Waals surface area contributed by atoms with Crippen molar-refractivity contribution in [3.63, 3.8) is 0 Å². The van der Waals surface area contributed by atoms with Crippen LogP contribution in [-0.2, 0) is 28.8 Å². The van der Waals surface area contributed by atoms with E-state index in [0.29, 0.717) is 22.5 Å². The van der Waals surface area contributed by atoms with Gasteiger partial charge in [0.05, 0.1) is 0 Å². The van der Waals surface area contributed by atoms with Crippen LogP contribution in [0.2, 0.25) is 0 Å². The SMILES string of the molecule is C/C=C/C1=C(C(=O)O)N2C(=O)[C@@H](NC(=O)[C@H](NC(=O)C3=C(/C=C/C)CS[C@@H]4[C@H](NC(=O)[C@H](N)c5ccc(O)cc5)C(=O)N34)c3ccc(O)cc3)[C@H]2SC1. The number of β-lactam (4-membered cyclic amide) rings is 2. The highest BCUT2D eigenvalue weighted by molar-refractivity contribution is 8.00. The molecule has 17 heteroatoms. The topological polar surface area (TPSA) is 232 Å². The molecule has 0 radical (unpaired) electrons. The third-order valence-corrected chi connectivity index (χ3v) is 11.6. The van der Waals surface area contributed by atoms with Gasteiger partial charge in [0.15, 0.2) is 0 Å². The molecular formula is C36H36N6O9S2. The Morgan fingerprint density at radius 3 is 1.70 bits per heavy atom. The first-order valence-corrected chi connectivity index (χ1v) is 18.5. The van der Waals surface area contributed by atoms with Crippen LogP contribution in [-0.4, -0.2) is 95.0 Å². The number of nitrogens with zero attached hydrogens (tertiary/aromatic N) is 2. The molecule has 0 aliphatic carbocycles. The minimum Gasteiger partial charge on any atom is -0.508 e. The van der Waals surface area contributed by atoms with Crippen LogP contribution in [0.4, 0.5) is 0 Å². The number of fused-ring (bicyclic) bond motifs is 2. The fraction of sp³-hybridized carbons (Fsp3) is 0.278. The Bertz CT molecular complexity index is 2000. The Morgan fingerprint density at radius 1 is 0.755 bits per heavy atom. The molecule has 5 amide bonds. The molecule has 2 fully saturated rings. The third-order valence-electron chi connectivity index (χ3n) is 9.04. The lowest BCUT2D eigenvalue weighted by atomic mass is 9.99. The van der Waals surface area contributed by atoms with Gasteiger partial charge in [0.25, 0.3) is 17.7 Å². The smallest absolute Gasteiger partial charge is 0.352 e. The number of amides is 5. The minimum atomic E-state index is -1.41. The number of aromatic hydroxyl groups is 2. The summed E-state index contributed by atoms with van der Waals surface area (Å²) in [7, 11) is 0. The molecule has 15 nitrogen and oxygen atoms in total. The maximum Gasteiger partial charge on any atom is 0.352 e. The fourth-order valence-electron chi connectivity index (χ4n) is 6.44. The second-order valence-electron chi connectivity index (χ2n) is 12.4. The number of aliphatic carboxylic acids is 1. The summed E-state index contributed by atoms with van der Waals surface area (Å²) < 4.78 is 0. The number of hydrogen-bond acceptors (Lipinski definition) is 11. The first-order valence-electron chi connectivity index (χ1n) is 16.5. The number of nitrogens with two attached hydrogens (primary N) is 1. The first kappa shape index (κ1) is 37.2. The molecule has 276 valence electrons. The number of carboxylic acids is 1. The van der Waals surface area contributed by atoms with E-state index < -0.39 is 70.4 Å². The van der Waals surface area contributed by atoms with Crippen molar-refractivity contribution in [3.8, 4) is 11.5 Å². The van der Waals surface area contributed by atoms with Crippen molar-refractivity contribution < 1.29 is 44.1 Å². The van der Waals surface area contributed by atoms with E-state index in [4.69, 9.17) is 5.73 Å². The van der Waals surface area contributed by atoms with Crippen molar-refractivity contribution in [2.24, 2.45) is 5.73 Å². The van der Waals surface area contributed by atoms with Crippen molar-refractivity contribution in [1.82, 2.24) is 25.8 Å². The van der Waals surface area contributed by atoms with Crippen LogP contribution in [0.25, 0.3) is 0 Å². The zero-order valence-electron chi connectivity index (χ0n) is 28.4. The van der Waals surface area contributed by atoms with Gasteiger partial charge in [-0.3, -0.25) is 33.8 Å². The molecule has 2 saturated heterocycles. The maximum absolute atomic E-state index is 14.2. The van der Waals surface area contributed by atoms with Crippen molar-refractivity contribution in [2.45, 2.75) is 48.8 Å². The van der Waals surface area contributed by atoms with Crippen LogP contribution in [0.1, 0.15) is 37.1 Å². The summed E-state index contributed by atoms with van der Waals surface area (Å²) in [5.74, 6) is -4.17. The van der Waals surface area contributed by atoms with Crippen LogP contribution in [0, 0.1) is 0 Å². The molecule has 8 N–H and O–H groups in total. The van der Waals surface area contributed by atoms with Gasteiger partial charge in [-0.25, -0.2) is 4.79 Å². The standard InChI is InChI=1S/C36H36N6O9S2/c1-3-5-19-15-52-34-25(39-29(45)23(37)17-7-11-21(43)12-8-17)32(48)41(34)27(19)31(47)38-24(18-9-13-22(44)14-10-18)30(46)40-26-33(49)42-28(36(50)51)20(6-4-2)16-53-35(26)42/h3-14,23-26,34-35,43-44H,15-16,37H2,1-2H3,(H,38,47)(H,39,45)(H,40,46)(H,50,51)/b5-3+,6-4+/t23-,24-,25-,26-,34-,35-/m1/s1. The van der Waals surface area contributed by atoms with Gasteiger partial charge in [0.1, 0.15) is 57.8 Å². The number of hydrogen-bond donors (Lipinski definition) is 7. The predicted molar refractivity (Wildman–Crippen MR) is 195 cm³/mol. The molecule has 0 aromatic heterocycles. The van der Waals surface area contributed by atoms with E-state index in [-0.39, 0.29) is 34.2 Å². The number of carboxylic acid groups (broad SMARTS) is 1. The van der Waals surface area contributed by atoms with Gasteiger partial charge >= 0.3 is 5.97 Å². The van der Waals surface area contributed by atoms with Gasteiger partial charge in [0, 0.05) is 11.5 Å². The van der Waals surface area contributed by atoms with E-state index in [1.54, 1.807) is 38.2 Å². The van der Waals surface area contributed by atoms with E-state index in [1.807, 2.05) is 0 Å². The number of phenolic OH excluding ortho intramolecular Hbond substituents is 2. The van der Waals surface area contributed by atoms with E-state index in [2.05, 4.69) is 16.0 Å². The van der Waals surface area contributed by atoms with Crippen LogP contribution in [0.5, 0.6) is 11.5 Å². The summed E-state index contributed by atoms with van der Waals surface area (Å²) in [6.07, 6.45) is 6.67. The number of phenols is 2. The first-order chi connectivity index (χ1) is 25.4. The maximum atomic E-state index is 14.2. The minimum absolute atomic E-state index is 0.00125. The highest BCUT2D eigenvalue weighted by Gasteiger charge is 2.56. The van der Waals surface area contributed by atoms with E-state index in [9.17, 15) is 44.1 Å². The summed E-state index contributed by atoms with van der Waals surface area (Å²) >= 11 is 2.62. The fourth-order valence-corrected chi connectivity index (χ4v) is 9.08. The van der Waals surface area contributed by atoms with Crippen LogP contribution in [0.15, 0.2) is 95.4 Å². The lowest BCUT2D eigenvalue weighted by Crippen LogP contribution is -2.72. The Balaban J connectivity index is 1.22. The lowest BCUT2D eigenvalue weighted by molar-refractivity contribution is -0.151. The number of rotatable bonds is 11. The average Bonchev–Trinajstić information content (AvgIpc) is 3.14. The summed E-state index contributed by atoms with van der Waals surface area (Å²) in [6, 6.07) is 6.66. The molecule has 2 aromatic rings. The zero-order valence-corrected chi connectivity index (χ0v) is 30.0. The van der Waals surface area contributed by atoms with Gasteiger partial charge in [-0.2, -0.15) is 0 Å². The predicted octanol–water partition coefficient (Wildman–Crippen LogP) is 1.50. The number of carbonyl (C=O) groups is 6. The van der Waals surface area contributed by atoms with E-state index in [1.165, 1.54) is 77.0 Å². The second-order valence-corrected chi connectivity index (χ2v) is 14.6. The molecule has 4 heterocycles. The molecule has 2 aromatic carbocycles. The number of carbonyl (C=O) groups excluding carboxylic acids is 5. The Kier molecular flexibility index (Phi) is 10.7. The Hall–Kier alpha value is -5.52. The molecule has 0 bridgehead atoms. The monoisotopic (exact) mass is 760 g/mol. The van der Waals surface area contributed by atoms with Crippen molar-refractivity contribution in [1.29, 1.82) is 0 Å². The van der Waals surface area contributed by atoms with Crippen LogP contribution < -0.4 is 21.7 Å². The molecule has 0 unspecified atom stereocenters. The second kappa shape index (κ2) is 15.2. The van der Waals surface area contributed by atoms with Gasteiger partial charge in [-0.1, -0.05) is 48.6 Å². The summed E-state index contributed by atoms with van der Waals surface area (Å²) in [5.41, 5.74) is 7.58. The normalized spacial score (nSPS) is 23.5. The number of nitrogens with one attached hydrogen (secondary N) is 3. The van der Waals surface area contributed by atoms with Crippen LogP contribution in [0.3, 0.4) is 0 Å². The molecule has 4 aliphatic heterocycles. The molecule has 6 rings (SSSR count). The molecule has 6 atom stereocenters.